The van der Waals surface area contributed by atoms with Gasteiger partial charge in [0, 0.05) is 29.9 Å². The van der Waals surface area contributed by atoms with Crippen molar-refractivity contribution in [2.75, 3.05) is 5.32 Å². The molecule has 3 aromatic heterocycles. The quantitative estimate of drug-likeness (QED) is 0.459. The molecule has 1 saturated carbocycles. The number of halogens is 1. The molecular formula is C25H24FN5O. The van der Waals surface area contributed by atoms with Crippen LogP contribution in [0.15, 0.2) is 54.9 Å². The first-order valence-corrected chi connectivity index (χ1v) is 10.9. The summed E-state index contributed by atoms with van der Waals surface area (Å²) in [7, 11) is 0. The van der Waals surface area contributed by atoms with E-state index in [-0.39, 0.29) is 11.7 Å². The van der Waals surface area contributed by atoms with Crippen LogP contribution >= 0.6 is 0 Å². The summed E-state index contributed by atoms with van der Waals surface area (Å²) in [5.74, 6) is 0.702. The van der Waals surface area contributed by atoms with E-state index in [1.54, 1.807) is 36.0 Å². The fraction of sp³-hybridized carbons (Fsp3) is 0.280. The van der Waals surface area contributed by atoms with Crippen molar-refractivity contribution in [1.29, 1.82) is 0 Å². The van der Waals surface area contributed by atoms with Crippen LogP contribution in [0.2, 0.25) is 0 Å². The van der Waals surface area contributed by atoms with Crippen molar-refractivity contribution < 1.29 is 9.18 Å². The van der Waals surface area contributed by atoms with Crippen molar-refractivity contribution in [3.05, 3.63) is 66.2 Å². The minimum Gasteiger partial charge on any atom is -0.311 e. The Labute approximate surface area is 185 Å². The highest BCUT2D eigenvalue weighted by molar-refractivity contribution is 5.91. The summed E-state index contributed by atoms with van der Waals surface area (Å²) >= 11 is 0. The van der Waals surface area contributed by atoms with Gasteiger partial charge in [0.15, 0.2) is 5.65 Å². The maximum Gasteiger partial charge on any atom is 0.225 e. The summed E-state index contributed by atoms with van der Waals surface area (Å²) in [4.78, 5) is 21.6. The van der Waals surface area contributed by atoms with E-state index in [1.807, 2.05) is 24.3 Å². The van der Waals surface area contributed by atoms with Crippen LogP contribution in [0.25, 0.3) is 28.2 Å². The first-order chi connectivity index (χ1) is 15.6. The lowest BCUT2D eigenvalue weighted by Crippen LogP contribution is -2.16. The van der Waals surface area contributed by atoms with Gasteiger partial charge in [-0.1, -0.05) is 12.8 Å². The highest BCUT2D eigenvalue weighted by Gasteiger charge is 2.20. The zero-order chi connectivity index (χ0) is 22.1. The molecule has 0 unspecified atom stereocenters. The Morgan fingerprint density at radius 3 is 2.78 bits per heavy atom. The molecule has 1 aliphatic rings. The van der Waals surface area contributed by atoms with Crippen molar-refractivity contribution in [2.45, 2.75) is 39.0 Å². The number of carbonyl (C=O) groups excluding carboxylic acids is 1. The predicted octanol–water partition coefficient (Wildman–Crippen LogP) is 5.42. The van der Waals surface area contributed by atoms with Gasteiger partial charge in [-0.05, 0) is 73.7 Å². The minimum absolute atomic E-state index is 0.00722. The molecular weight excluding hydrogens is 405 g/mol. The summed E-state index contributed by atoms with van der Waals surface area (Å²) in [6.45, 7) is 1.73. The van der Waals surface area contributed by atoms with Crippen molar-refractivity contribution in [1.82, 2.24) is 19.6 Å². The second-order valence-corrected chi connectivity index (χ2v) is 8.40. The van der Waals surface area contributed by atoms with Gasteiger partial charge in [-0.3, -0.25) is 4.79 Å². The third kappa shape index (κ3) is 3.98. The molecule has 0 spiro atoms. The van der Waals surface area contributed by atoms with Crippen molar-refractivity contribution in [3.63, 3.8) is 0 Å². The number of carbonyl (C=O) groups is 1. The first kappa shape index (κ1) is 20.3. The Morgan fingerprint density at radius 1 is 1.12 bits per heavy atom. The van der Waals surface area contributed by atoms with Crippen molar-refractivity contribution in [3.8, 4) is 22.5 Å². The van der Waals surface area contributed by atoms with E-state index in [9.17, 15) is 9.18 Å². The highest BCUT2D eigenvalue weighted by atomic mass is 19.1. The fourth-order valence-corrected chi connectivity index (χ4v) is 4.46. The molecule has 0 aliphatic heterocycles. The lowest BCUT2D eigenvalue weighted by molar-refractivity contribution is -0.117. The van der Waals surface area contributed by atoms with E-state index in [0.717, 1.165) is 29.7 Å². The van der Waals surface area contributed by atoms with E-state index in [1.165, 1.54) is 18.9 Å². The van der Waals surface area contributed by atoms with E-state index < -0.39 is 0 Å². The number of anilines is 1. The maximum atomic E-state index is 13.9. The number of benzene rings is 1. The van der Waals surface area contributed by atoms with E-state index in [0.29, 0.717) is 35.1 Å². The van der Waals surface area contributed by atoms with Crippen LogP contribution in [0.5, 0.6) is 0 Å². The smallest absolute Gasteiger partial charge is 0.225 e. The van der Waals surface area contributed by atoms with Crippen LogP contribution < -0.4 is 5.32 Å². The molecule has 0 bridgehead atoms. The average molecular weight is 429 g/mol. The second kappa shape index (κ2) is 8.49. The van der Waals surface area contributed by atoms with Crippen LogP contribution in [-0.4, -0.2) is 25.5 Å². The number of nitrogens with one attached hydrogen (secondary N) is 1. The van der Waals surface area contributed by atoms with Gasteiger partial charge in [-0.15, -0.1) is 0 Å². The lowest BCUT2D eigenvalue weighted by Gasteiger charge is -2.11. The molecule has 0 saturated heterocycles. The van der Waals surface area contributed by atoms with Crippen LogP contribution in [0.1, 0.15) is 37.7 Å². The Morgan fingerprint density at radius 2 is 1.97 bits per heavy atom. The van der Waals surface area contributed by atoms with E-state index in [4.69, 9.17) is 4.98 Å². The Hall–Kier alpha value is -3.61. The van der Waals surface area contributed by atoms with E-state index >= 15 is 0 Å². The van der Waals surface area contributed by atoms with Crippen LogP contribution in [0.3, 0.4) is 0 Å². The standard InChI is InChI=1S/C25H24FN5O/c1-16-13-18(8-9-20(16)26)24-25(31-22(30-24)7-4-11-28-31)19-10-12-27-21(15-19)29-23(32)14-17-5-2-3-6-17/h4,7-13,15,17H,2-3,5-6,14H2,1H3,(H,27,29,32). The summed E-state index contributed by atoms with van der Waals surface area (Å²) in [5, 5.41) is 7.42. The molecule has 3 heterocycles. The minimum atomic E-state index is -0.256. The summed E-state index contributed by atoms with van der Waals surface area (Å²) in [6, 6.07) is 12.4. The normalized spacial score (nSPS) is 14.2. The third-order valence-corrected chi connectivity index (χ3v) is 6.07. The summed E-state index contributed by atoms with van der Waals surface area (Å²) in [5.41, 5.74) is 4.31. The maximum absolute atomic E-state index is 13.9. The number of amides is 1. The SMILES string of the molecule is Cc1cc(-c2nc3cccnn3c2-c2ccnc(NC(=O)CC3CCCC3)c2)ccc1F. The molecule has 32 heavy (non-hydrogen) atoms. The molecule has 4 aromatic rings. The molecule has 6 nitrogen and oxygen atoms in total. The highest BCUT2D eigenvalue weighted by Crippen LogP contribution is 2.34. The van der Waals surface area contributed by atoms with Crippen molar-refractivity contribution >= 4 is 17.4 Å². The topological polar surface area (TPSA) is 72.2 Å². The number of imidazole rings is 1. The number of nitrogens with zero attached hydrogens (tertiary/aromatic N) is 4. The number of rotatable bonds is 5. The molecule has 1 aromatic carbocycles. The fourth-order valence-electron chi connectivity index (χ4n) is 4.46. The molecule has 7 heteroatoms. The van der Waals surface area contributed by atoms with Crippen LogP contribution in [0, 0.1) is 18.7 Å². The number of aryl methyl sites for hydroxylation is 1. The van der Waals surface area contributed by atoms with Gasteiger partial charge in [0.1, 0.15) is 17.3 Å². The van der Waals surface area contributed by atoms with Crippen molar-refractivity contribution in [2.24, 2.45) is 5.92 Å². The molecule has 5 rings (SSSR count). The molecule has 162 valence electrons. The number of hydrogen-bond acceptors (Lipinski definition) is 4. The van der Waals surface area contributed by atoms with Gasteiger partial charge in [-0.2, -0.15) is 5.10 Å². The largest absolute Gasteiger partial charge is 0.311 e. The van der Waals surface area contributed by atoms with Gasteiger partial charge in [-0.25, -0.2) is 18.9 Å². The molecule has 1 N–H and O–H groups in total. The first-order valence-electron chi connectivity index (χ1n) is 10.9. The van der Waals surface area contributed by atoms with Gasteiger partial charge < -0.3 is 5.32 Å². The third-order valence-electron chi connectivity index (χ3n) is 6.07. The average Bonchev–Trinajstić information content (AvgIpc) is 3.43. The number of fused-ring (bicyclic) bond motifs is 1. The number of hydrogen-bond donors (Lipinski definition) is 1. The molecule has 0 radical (unpaired) electrons. The lowest BCUT2D eigenvalue weighted by atomic mass is 10.0. The molecule has 1 fully saturated rings. The summed E-state index contributed by atoms with van der Waals surface area (Å²) in [6.07, 6.45) is 8.55. The second-order valence-electron chi connectivity index (χ2n) is 8.40. The molecule has 0 atom stereocenters. The van der Waals surface area contributed by atoms with Crippen LogP contribution in [0.4, 0.5) is 10.2 Å². The zero-order valence-corrected chi connectivity index (χ0v) is 17.9. The van der Waals surface area contributed by atoms with Gasteiger partial charge in [0.05, 0.1) is 5.69 Å². The summed E-state index contributed by atoms with van der Waals surface area (Å²) < 4.78 is 15.6. The number of pyridine rings is 1. The van der Waals surface area contributed by atoms with Gasteiger partial charge >= 0.3 is 0 Å². The Kier molecular flexibility index (Phi) is 5.39. The Bertz CT molecular complexity index is 1290. The predicted molar refractivity (Wildman–Crippen MR) is 122 cm³/mol. The molecule has 1 amide bonds. The number of aromatic nitrogens is 4. The zero-order valence-electron chi connectivity index (χ0n) is 17.9. The Balaban J connectivity index is 1.53. The van der Waals surface area contributed by atoms with Gasteiger partial charge in [0.25, 0.3) is 0 Å². The monoisotopic (exact) mass is 429 g/mol. The van der Waals surface area contributed by atoms with Crippen LogP contribution in [-0.2, 0) is 4.79 Å². The molecule has 1 aliphatic carbocycles. The van der Waals surface area contributed by atoms with Gasteiger partial charge in [0.2, 0.25) is 5.91 Å². The van der Waals surface area contributed by atoms with E-state index in [2.05, 4.69) is 15.4 Å².